The Morgan fingerprint density at radius 3 is 3.10 bits per heavy atom. The molecule has 4 rings (SSSR count). The van der Waals surface area contributed by atoms with Crippen molar-refractivity contribution in [2.45, 2.75) is 32.4 Å². The molecule has 29 heavy (non-hydrogen) atoms. The minimum absolute atomic E-state index is 0.318. The molecular formula is C22H26N4O3. The van der Waals surface area contributed by atoms with Gasteiger partial charge in [-0.05, 0) is 61.7 Å². The first-order valence-electron chi connectivity index (χ1n) is 9.93. The fourth-order valence-electron chi connectivity index (χ4n) is 3.88. The molecule has 152 valence electrons. The third-order valence-corrected chi connectivity index (χ3v) is 5.33. The number of likely N-dealkylation sites (tertiary alicyclic amines) is 1. The summed E-state index contributed by atoms with van der Waals surface area (Å²) in [7, 11) is 0. The third-order valence-electron chi connectivity index (χ3n) is 5.33. The summed E-state index contributed by atoms with van der Waals surface area (Å²) in [5.41, 5.74) is 4.24. The van der Waals surface area contributed by atoms with Crippen molar-refractivity contribution in [1.82, 2.24) is 15.1 Å². The molecule has 3 aromatic rings. The average Bonchev–Trinajstić information content (AvgIpc) is 3.16. The van der Waals surface area contributed by atoms with Gasteiger partial charge in [-0.3, -0.25) is 10.00 Å². The van der Waals surface area contributed by atoms with Crippen molar-refractivity contribution in [1.29, 1.82) is 0 Å². The number of anilines is 1. The lowest BCUT2D eigenvalue weighted by atomic mass is 10.0. The smallest absolute Gasteiger partial charge is 0.341 e. The number of aromatic nitrogens is 2. The first-order chi connectivity index (χ1) is 14.1. The van der Waals surface area contributed by atoms with E-state index in [1.807, 2.05) is 25.3 Å². The number of H-pyrrole nitrogens is 1. The summed E-state index contributed by atoms with van der Waals surface area (Å²) in [6.45, 7) is 4.45. The zero-order valence-corrected chi connectivity index (χ0v) is 16.5. The number of rotatable bonds is 7. The topological polar surface area (TPSA) is 90.5 Å². The highest BCUT2D eigenvalue weighted by atomic mass is 16.5. The van der Waals surface area contributed by atoms with Crippen LogP contribution in [0.1, 0.15) is 24.0 Å². The summed E-state index contributed by atoms with van der Waals surface area (Å²) >= 11 is 0. The van der Waals surface area contributed by atoms with Crippen molar-refractivity contribution in [3.63, 3.8) is 0 Å². The second kappa shape index (κ2) is 8.53. The fourth-order valence-corrected chi connectivity index (χ4v) is 3.88. The normalized spacial score (nSPS) is 17.3. The number of aromatic amines is 1. The van der Waals surface area contributed by atoms with Gasteiger partial charge in [-0.15, -0.1) is 0 Å². The van der Waals surface area contributed by atoms with Gasteiger partial charge in [0.2, 0.25) is 0 Å². The van der Waals surface area contributed by atoms with Crippen LogP contribution in [0.5, 0.6) is 5.75 Å². The van der Waals surface area contributed by atoms with E-state index in [1.165, 1.54) is 0 Å². The van der Waals surface area contributed by atoms with E-state index in [-0.39, 0.29) is 6.61 Å². The maximum Gasteiger partial charge on any atom is 0.341 e. The molecule has 0 aliphatic carbocycles. The van der Waals surface area contributed by atoms with Crippen molar-refractivity contribution in [2.75, 3.05) is 25.0 Å². The third kappa shape index (κ3) is 4.86. The maximum absolute atomic E-state index is 10.8. The molecule has 7 nitrogen and oxygen atoms in total. The second-order valence-electron chi connectivity index (χ2n) is 7.67. The van der Waals surface area contributed by atoms with Gasteiger partial charge in [-0.1, -0.05) is 12.1 Å². The summed E-state index contributed by atoms with van der Waals surface area (Å²) in [5, 5.41) is 20.7. The Morgan fingerprint density at radius 2 is 2.24 bits per heavy atom. The van der Waals surface area contributed by atoms with Gasteiger partial charge in [0, 0.05) is 30.2 Å². The molecule has 0 unspecified atom stereocenters. The number of hydrogen-bond acceptors (Lipinski definition) is 5. The number of nitrogens with one attached hydrogen (secondary N) is 2. The monoisotopic (exact) mass is 394 g/mol. The number of carboxylic acids is 1. The minimum atomic E-state index is -0.964. The van der Waals surface area contributed by atoms with Gasteiger partial charge in [0.25, 0.3) is 0 Å². The molecule has 7 heteroatoms. The highest BCUT2D eigenvalue weighted by molar-refractivity contribution is 5.81. The van der Waals surface area contributed by atoms with E-state index in [4.69, 9.17) is 9.84 Å². The van der Waals surface area contributed by atoms with Gasteiger partial charge < -0.3 is 15.2 Å². The maximum atomic E-state index is 10.8. The molecular weight excluding hydrogens is 368 g/mol. The van der Waals surface area contributed by atoms with Crippen molar-refractivity contribution >= 4 is 22.6 Å². The standard InChI is InChI=1S/C22H26N4O3/c1-15-4-5-16(9-21(15)29-14-22(27)28)12-26-8-2-3-19(13-26)24-18-6-7-20-17(10-18)11-23-25-20/h4-7,9-11,19,24H,2-3,8,12-14H2,1H3,(H,23,25)(H,27,28)/t19-/m0/s1. The number of fused-ring (bicyclic) bond motifs is 1. The highest BCUT2D eigenvalue weighted by Gasteiger charge is 2.20. The fraction of sp³-hybridized carbons (Fsp3) is 0.364. The number of hydrogen-bond donors (Lipinski definition) is 3. The molecule has 3 N–H and O–H groups in total. The van der Waals surface area contributed by atoms with E-state index in [2.05, 4.69) is 44.7 Å². The lowest BCUT2D eigenvalue weighted by molar-refractivity contribution is -0.139. The lowest BCUT2D eigenvalue weighted by Crippen LogP contribution is -2.41. The SMILES string of the molecule is Cc1ccc(CN2CCC[C@H](Nc3ccc4[nH]ncc4c3)C2)cc1OCC(=O)O. The van der Waals surface area contributed by atoms with Crippen LogP contribution >= 0.6 is 0 Å². The Balaban J connectivity index is 1.38. The van der Waals surface area contributed by atoms with E-state index < -0.39 is 5.97 Å². The summed E-state index contributed by atoms with van der Waals surface area (Å²) in [6.07, 6.45) is 4.12. The van der Waals surface area contributed by atoms with Crippen LogP contribution < -0.4 is 10.1 Å². The van der Waals surface area contributed by atoms with Gasteiger partial charge in [-0.2, -0.15) is 5.10 Å². The number of carboxylic acid groups (broad SMARTS) is 1. The molecule has 0 amide bonds. The minimum Gasteiger partial charge on any atom is -0.482 e. The quantitative estimate of drug-likeness (QED) is 0.569. The predicted molar refractivity (Wildman–Crippen MR) is 112 cm³/mol. The van der Waals surface area contributed by atoms with Gasteiger partial charge in [-0.25, -0.2) is 4.79 Å². The second-order valence-corrected chi connectivity index (χ2v) is 7.67. The zero-order valence-electron chi connectivity index (χ0n) is 16.5. The van der Waals surface area contributed by atoms with E-state index in [9.17, 15) is 4.79 Å². The number of nitrogens with zero attached hydrogens (tertiary/aromatic N) is 2. The van der Waals surface area contributed by atoms with Crippen LogP contribution in [0.4, 0.5) is 5.69 Å². The van der Waals surface area contributed by atoms with Crippen LogP contribution in [0.15, 0.2) is 42.6 Å². The molecule has 0 bridgehead atoms. The van der Waals surface area contributed by atoms with E-state index in [0.717, 1.165) is 60.2 Å². The van der Waals surface area contributed by atoms with Crippen molar-refractivity contribution in [3.05, 3.63) is 53.7 Å². The van der Waals surface area contributed by atoms with Gasteiger partial charge in [0.15, 0.2) is 6.61 Å². The predicted octanol–water partition coefficient (Wildman–Crippen LogP) is 3.41. The molecule has 1 saturated heterocycles. The first kappa shape index (κ1) is 19.3. The molecule has 1 fully saturated rings. The molecule has 0 spiro atoms. The largest absolute Gasteiger partial charge is 0.482 e. The first-order valence-corrected chi connectivity index (χ1v) is 9.93. The average molecular weight is 394 g/mol. The summed E-state index contributed by atoms with van der Waals surface area (Å²) < 4.78 is 5.42. The van der Waals surface area contributed by atoms with Crippen LogP contribution in [-0.4, -0.2) is 51.9 Å². The number of aliphatic carboxylic acids is 1. The van der Waals surface area contributed by atoms with Gasteiger partial charge in [0.1, 0.15) is 5.75 Å². The molecule has 1 aromatic heterocycles. The Morgan fingerprint density at radius 1 is 1.34 bits per heavy atom. The molecule has 1 aliphatic rings. The highest BCUT2D eigenvalue weighted by Crippen LogP contribution is 2.24. The molecule has 1 atom stereocenters. The zero-order chi connectivity index (χ0) is 20.2. The number of carbonyl (C=O) groups is 1. The van der Waals surface area contributed by atoms with Crippen molar-refractivity contribution in [2.24, 2.45) is 0 Å². The Kier molecular flexibility index (Phi) is 5.67. The van der Waals surface area contributed by atoms with Gasteiger partial charge >= 0.3 is 5.97 Å². The summed E-state index contributed by atoms with van der Waals surface area (Å²) in [5.74, 6) is -0.321. The summed E-state index contributed by atoms with van der Waals surface area (Å²) in [6, 6.07) is 12.7. The molecule has 0 saturated carbocycles. The number of ether oxygens (including phenoxy) is 1. The van der Waals surface area contributed by atoms with Crippen LogP contribution in [0.3, 0.4) is 0 Å². The Labute approximate surface area is 169 Å². The molecule has 0 radical (unpaired) electrons. The lowest BCUT2D eigenvalue weighted by Gasteiger charge is -2.33. The Bertz CT molecular complexity index is 1000. The number of aryl methyl sites for hydroxylation is 1. The number of benzene rings is 2. The summed E-state index contributed by atoms with van der Waals surface area (Å²) in [4.78, 5) is 13.2. The van der Waals surface area contributed by atoms with E-state index in [1.54, 1.807) is 0 Å². The van der Waals surface area contributed by atoms with Gasteiger partial charge in [0.05, 0.1) is 11.7 Å². The van der Waals surface area contributed by atoms with Crippen LogP contribution in [0.2, 0.25) is 0 Å². The van der Waals surface area contributed by atoms with Crippen LogP contribution in [-0.2, 0) is 11.3 Å². The number of piperidine rings is 1. The molecule has 2 heterocycles. The van der Waals surface area contributed by atoms with E-state index >= 15 is 0 Å². The van der Waals surface area contributed by atoms with Crippen LogP contribution in [0.25, 0.3) is 10.9 Å². The Hall–Kier alpha value is -3.06. The van der Waals surface area contributed by atoms with Crippen molar-refractivity contribution in [3.8, 4) is 5.75 Å². The molecule has 1 aliphatic heterocycles. The molecule has 2 aromatic carbocycles. The van der Waals surface area contributed by atoms with Crippen LogP contribution in [0, 0.1) is 6.92 Å². The van der Waals surface area contributed by atoms with E-state index in [0.29, 0.717) is 11.8 Å². The van der Waals surface area contributed by atoms with Crippen molar-refractivity contribution < 1.29 is 14.6 Å².